The van der Waals surface area contributed by atoms with Crippen LogP contribution in [0.1, 0.15) is 13.3 Å². The summed E-state index contributed by atoms with van der Waals surface area (Å²) in [5, 5.41) is 0. The minimum absolute atomic E-state index is 0.177. The number of hydrogen-bond donors (Lipinski definition) is 0. The van der Waals surface area contributed by atoms with Gasteiger partial charge < -0.3 is 9.47 Å². The Morgan fingerprint density at radius 3 is 2.65 bits per heavy atom. The molecule has 1 heterocycles. The number of carbonyl (C=O) groups excluding carboxylic acids is 2. The second-order valence-electron chi connectivity index (χ2n) is 4.42. The van der Waals surface area contributed by atoms with Crippen molar-refractivity contribution in [2.75, 3.05) is 19.5 Å². The Bertz CT molecular complexity index is 670. The third-order valence-electron chi connectivity index (χ3n) is 2.76. The lowest BCUT2D eigenvalue weighted by molar-refractivity contribution is -0.145. The monoisotopic (exact) mass is 352 g/mol. The quantitative estimate of drug-likeness (QED) is 0.410. The van der Waals surface area contributed by atoms with E-state index in [9.17, 15) is 9.59 Å². The molecule has 8 heteroatoms. The van der Waals surface area contributed by atoms with Crippen molar-refractivity contribution >= 4 is 35.0 Å². The first kappa shape index (κ1) is 17.4. The van der Waals surface area contributed by atoms with Gasteiger partial charge in [-0.15, -0.1) is 0 Å². The number of nitrogens with zero attached hydrogens (tertiary/aromatic N) is 2. The van der Waals surface area contributed by atoms with Crippen molar-refractivity contribution < 1.29 is 19.1 Å². The molecule has 0 fully saturated rings. The van der Waals surface area contributed by atoms with E-state index in [2.05, 4.69) is 9.36 Å². The van der Waals surface area contributed by atoms with Gasteiger partial charge in [-0.05, 0) is 42.7 Å². The average molecular weight is 352 g/mol. The zero-order chi connectivity index (χ0) is 16.7. The molecule has 0 spiro atoms. The molecule has 1 aromatic heterocycles. The molecule has 1 aromatic carbocycles. The van der Waals surface area contributed by atoms with Crippen LogP contribution in [0, 0.1) is 0 Å². The molecule has 0 aliphatic carbocycles. The van der Waals surface area contributed by atoms with E-state index in [0.29, 0.717) is 10.2 Å². The zero-order valence-electron chi connectivity index (χ0n) is 12.8. The first-order chi connectivity index (χ1) is 11.1. The SMILES string of the molecule is CCOC(=O)CC(=O)CSc1nc(-c2ccc(OC)cc2)ns1. The largest absolute Gasteiger partial charge is 0.497 e. The number of carbonyl (C=O) groups is 2. The Hall–Kier alpha value is -1.93. The van der Waals surface area contributed by atoms with Gasteiger partial charge in [-0.3, -0.25) is 9.59 Å². The van der Waals surface area contributed by atoms with Gasteiger partial charge in [-0.2, -0.15) is 4.37 Å². The average Bonchev–Trinajstić information content (AvgIpc) is 3.02. The Balaban J connectivity index is 1.89. The van der Waals surface area contributed by atoms with Crippen LogP contribution in [-0.4, -0.2) is 40.6 Å². The highest BCUT2D eigenvalue weighted by Gasteiger charge is 2.13. The third kappa shape index (κ3) is 5.33. The molecule has 0 saturated carbocycles. The summed E-state index contributed by atoms with van der Waals surface area (Å²) < 4.78 is 14.8. The van der Waals surface area contributed by atoms with Gasteiger partial charge >= 0.3 is 5.97 Å². The minimum atomic E-state index is -0.491. The van der Waals surface area contributed by atoms with Crippen molar-refractivity contribution in [2.45, 2.75) is 17.7 Å². The van der Waals surface area contributed by atoms with Crippen LogP contribution in [0.3, 0.4) is 0 Å². The number of thioether (sulfide) groups is 1. The zero-order valence-corrected chi connectivity index (χ0v) is 14.4. The number of aromatic nitrogens is 2. The lowest BCUT2D eigenvalue weighted by Crippen LogP contribution is -2.12. The molecule has 2 rings (SSSR count). The van der Waals surface area contributed by atoms with Gasteiger partial charge in [0.2, 0.25) is 0 Å². The molecule has 0 unspecified atom stereocenters. The van der Waals surface area contributed by atoms with Crippen molar-refractivity contribution in [2.24, 2.45) is 0 Å². The topological polar surface area (TPSA) is 78.4 Å². The molecule has 0 aliphatic heterocycles. The van der Waals surface area contributed by atoms with Crippen molar-refractivity contribution in [1.29, 1.82) is 0 Å². The molecule has 2 aromatic rings. The van der Waals surface area contributed by atoms with E-state index in [-0.39, 0.29) is 24.6 Å². The van der Waals surface area contributed by atoms with E-state index in [4.69, 9.17) is 9.47 Å². The van der Waals surface area contributed by atoms with Crippen LogP contribution >= 0.6 is 23.3 Å². The molecule has 0 amide bonds. The molecule has 122 valence electrons. The number of esters is 1. The Morgan fingerprint density at radius 1 is 1.26 bits per heavy atom. The summed E-state index contributed by atoms with van der Waals surface area (Å²) in [6.45, 7) is 1.99. The molecule has 0 radical (unpaired) electrons. The maximum absolute atomic E-state index is 11.7. The van der Waals surface area contributed by atoms with E-state index in [1.807, 2.05) is 24.3 Å². The normalized spacial score (nSPS) is 10.3. The van der Waals surface area contributed by atoms with Gasteiger partial charge in [-0.1, -0.05) is 11.8 Å². The fraction of sp³-hybridized carbons (Fsp3) is 0.333. The molecular weight excluding hydrogens is 336 g/mol. The maximum atomic E-state index is 11.7. The minimum Gasteiger partial charge on any atom is -0.497 e. The van der Waals surface area contributed by atoms with Crippen molar-refractivity contribution in [3.63, 3.8) is 0 Å². The van der Waals surface area contributed by atoms with Gasteiger partial charge in [0.05, 0.1) is 19.5 Å². The van der Waals surface area contributed by atoms with E-state index >= 15 is 0 Å². The Labute approximate surface area is 142 Å². The van der Waals surface area contributed by atoms with Gasteiger partial charge in [0.15, 0.2) is 15.9 Å². The highest BCUT2D eigenvalue weighted by atomic mass is 32.2. The van der Waals surface area contributed by atoms with Crippen LogP contribution in [0.5, 0.6) is 5.75 Å². The second-order valence-corrected chi connectivity index (χ2v) is 6.40. The van der Waals surface area contributed by atoms with Crippen molar-refractivity contribution in [1.82, 2.24) is 9.36 Å². The summed E-state index contributed by atoms with van der Waals surface area (Å²) in [7, 11) is 1.61. The summed E-state index contributed by atoms with van der Waals surface area (Å²) in [5.74, 6) is 0.876. The predicted octanol–water partition coefficient (Wildman–Crippen LogP) is 2.83. The van der Waals surface area contributed by atoms with Crippen molar-refractivity contribution in [3.05, 3.63) is 24.3 Å². The van der Waals surface area contributed by atoms with Crippen LogP contribution in [0.25, 0.3) is 11.4 Å². The number of hydrogen-bond acceptors (Lipinski definition) is 8. The number of methoxy groups -OCH3 is 1. The summed E-state index contributed by atoms with van der Waals surface area (Å²) in [6.07, 6.45) is -0.203. The van der Waals surface area contributed by atoms with Crippen LogP contribution in [-0.2, 0) is 14.3 Å². The predicted molar refractivity (Wildman–Crippen MR) is 88.9 cm³/mol. The molecule has 0 N–H and O–H groups in total. The second kappa shape index (κ2) is 8.64. The molecule has 0 atom stereocenters. The van der Waals surface area contributed by atoms with E-state index in [1.54, 1.807) is 14.0 Å². The van der Waals surface area contributed by atoms with Crippen LogP contribution in [0.15, 0.2) is 28.6 Å². The summed E-state index contributed by atoms with van der Waals surface area (Å²) in [5.41, 5.74) is 0.881. The Kier molecular flexibility index (Phi) is 6.54. The molecular formula is C15H16N2O4S2. The fourth-order valence-electron chi connectivity index (χ4n) is 1.69. The van der Waals surface area contributed by atoms with Crippen LogP contribution < -0.4 is 4.74 Å². The van der Waals surface area contributed by atoms with Crippen LogP contribution in [0.4, 0.5) is 0 Å². The first-order valence-corrected chi connectivity index (χ1v) is 8.66. The molecule has 0 aliphatic rings. The Morgan fingerprint density at radius 2 is 2.00 bits per heavy atom. The number of ether oxygens (including phenoxy) is 2. The van der Waals surface area contributed by atoms with E-state index in [1.165, 1.54) is 23.3 Å². The number of benzene rings is 1. The highest BCUT2D eigenvalue weighted by Crippen LogP contribution is 2.26. The van der Waals surface area contributed by atoms with Crippen molar-refractivity contribution in [3.8, 4) is 17.1 Å². The highest BCUT2D eigenvalue weighted by molar-refractivity contribution is 8.01. The number of rotatable bonds is 8. The number of Topliss-reactive ketones (excluding diaryl/α,β-unsaturated/α-hetero) is 1. The number of ketones is 1. The van der Waals surface area contributed by atoms with Gasteiger partial charge in [0, 0.05) is 5.56 Å². The smallest absolute Gasteiger partial charge is 0.313 e. The summed E-state index contributed by atoms with van der Waals surface area (Å²) >= 11 is 2.50. The van der Waals surface area contributed by atoms with Gasteiger partial charge in [0.1, 0.15) is 12.2 Å². The maximum Gasteiger partial charge on any atom is 0.313 e. The lowest BCUT2D eigenvalue weighted by Gasteiger charge is -2.00. The molecule has 6 nitrogen and oxygen atoms in total. The molecule has 23 heavy (non-hydrogen) atoms. The summed E-state index contributed by atoms with van der Waals surface area (Å²) in [4.78, 5) is 27.3. The van der Waals surface area contributed by atoms with Crippen LogP contribution in [0.2, 0.25) is 0 Å². The lowest BCUT2D eigenvalue weighted by atomic mass is 10.2. The van der Waals surface area contributed by atoms with E-state index < -0.39 is 5.97 Å². The third-order valence-corrected chi connectivity index (χ3v) is 4.65. The van der Waals surface area contributed by atoms with Gasteiger partial charge in [-0.25, -0.2) is 4.98 Å². The standard InChI is InChI=1S/C15H16N2O4S2/c1-3-21-13(19)8-11(18)9-22-15-16-14(17-23-15)10-4-6-12(20-2)7-5-10/h4-7H,3,8-9H2,1-2H3. The van der Waals surface area contributed by atoms with E-state index in [0.717, 1.165) is 11.3 Å². The molecule has 0 saturated heterocycles. The summed E-state index contributed by atoms with van der Waals surface area (Å²) in [6, 6.07) is 7.43. The molecule has 0 bridgehead atoms. The first-order valence-electron chi connectivity index (χ1n) is 6.90. The fourth-order valence-corrected chi connectivity index (χ4v) is 3.17. The van der Waals surface area contributed by atoms with Gasteiger partial charge in [0.25, 0.3) is 0 Å².